The summed E-state index contributed by atoms with van der Waals surface area (Å²) in [4.78, 5) is 7.76. The number of nitrogens with two attached hydrogens (primary N) is 1. The second-order valence-corrected chi connectivity index (χ2v) is 7.80. The molecule has 4 rings (SSSR count). The molecule has 1 aliphatic rings. The highest BCUT2D eigenvalue weighted by Crippen LogP contribution is 2.42. The van der Waals surface area contributed by atoms with Crippen LogP contribution in [0.3, 0.4) is 0 Å². The van der Waals surface area contributed by atoms with Gasteiger partial charge in [-0.15, -0.1) is 11.3 Å². The molecule has 2 aromatic heterocycles. The molecule has 2 N–H and O–H groups in total. The summed E-state index contributed by atoms with van der Waals surface area (Å²) in [7, 11) is 0. The highest BCUT2D eigenvalue weighted by atomic mass is 32.1. The van der Waals surface area contributed by atoms with Crippen LogP contribution >= 0.6 is 11.3 Å². The molecule has 0 fully saturated rings. The van der Waals surface area contributed by atoms with Crippen molar-refractivity contribution in [3.05, 3.63) is 46.3 Å². The van der Waals surface area contributed by atoms with E-state index in [9.17, 15) is 0 Å². The Morgan fingerprint density at radius 3 is 2.67 bits per heavy atom. The van der Waals surface area contributed by atoms with Gasteiger partial charge in [0.25, 0.3) is 0 Å². The summed E-state index contributed by atoms with van der Waals surface area (Å²) < 4.78 is 0. The number of anilines is 1. The molecule has 0 saturated carbocycles. The number of nitrogens with zero attached hydrogens (tertiary/aromatic N) is 1. The molecule has 0 aliphatic heterocycles. The zero-order valence-electron chi connectivity index (χ0n) is 14.3. The zero-order chi connectivity index (χ0) is 16.5. The van der Waals surface area contributed by atoms with Gasteiger partial charge in [0.15, 0.2) is 0 Å². The van der Waals surface area contributed by atoms with E-state index in [1.165, 1.54) is 52.6 Å². The molecule has 0 amide bonds. The van der Waals surface area contributed by atoms with Gasteiger partial charge in [-0.1, -0.05) is 50.1 Å². The highest BCUT2D eigenvalue weighted by molar-refractivity contribution is 7.19. The zero-order valence-corrected chi connectivity index (χ0v) is 15.1. The standard InChI is InChI=1S/C21H24N2S/c1-2-9-16-19(22)18-15-12-7-4-8-13-17(15)24-21(18)23-20(16)14-10-5-3-6-11-14/h3,5-6,10-11H,2,4,7-9,12-13H2,1H3,(H2,22,23). The molecule has 0 saturated heterocycles. The summed E-state index contributed by atoms with van der Waals surface area (Å²) >= 11 is 1.87. The summed E-state index contributed by atoms with van der Waals surface area (Å²) in [5.74, 6) is 0. The van der Waals surface area contributed by atoms with Crippen LogP contribution in [0.2, 0.25) is 0 Å². The van der Waals surface area contributed by atoms with E-state index in [0.717, 1.165) is 35.5 Å². The summed E-state index contributed by atoms with van der Waals surface area (Å²) in [6.07, 6.45) is 8.35. The van der Waals surface area contributed by atoms with Crippen LogP contribution in [0.25, 0.3) is 21.5 Å². The SMILES string of the molecule is CCCc1c(-c2ccccc2)nc2sc3c(c2c1N)CCCCC3. The van der Waals surface area contributed by atoms with Crippen molar-refractivity contribution in [2.45, 2.75) is 51.9 Å². The molecule has 0 unspecified atom stereocenters. The van der Waals surface area contributed by atoms with Crippen molar-refractivity contribution in [2.75, 3.05) is 5.73 Å². The summed E-state index contributed by atoms with van der Waals surface area (Å²) in [5, 5.41) is 1.26. The predicted octanol–water partition coefficient (Wildman–Crippen LogP) is 5.77. The smallest absolute Gasteiger partial charge is 0.126 e. The van der Waals surface area contributed by atoms with Crippen molar-refractivity contribution in [1.82, 2.24) is 4.98 Å². The minimum atomic E-state index is 0.986. The summed E-state index contributed by atoms with van der Waals surface area (Å²) in [5.41, 5.74) is 12.7. The van der Waals surface area contributed by atoms with Crippen LogP contribution in [0.15, 0.2) is 30.3 Å². The number of aryl methyl sites for hydroxylation is 2. The minimum absolute atomic E-state index is 0.986. The van der Waals surface area contributed by atoms with E-state index in [1.54, 1.807) is 0 Å². The number of aromatic nitrogens is 1. The van der Waals surface area contributed by atoms with Crippen molar-refractivity contribution in [1.29, 1.82) is 0 Å². The lowest BCUT2D eigenvalue weighted by molar-refractivity contribution is 0.713. The lowest BCUT2D eigenvalue weighted by atomic mass is 9.97. The van der Waals surface area contributed by atoms with Crippen molar-refractivity contribution in [3.8, 4) is 11.3 Å². The Morgan fingerprint density at radius 1 is 1.08 bits per heavy atom. The van der Waals surface area contributed by atoms with Gasteiger partial charge in [0, 0.05) is 27.1 Å². The van der Waals surface area contributed by atoms with Crippen molar-refractivity contribution in [2.24, 2.45) is 0 Å². The van der Waals surface area contributed by atoms with E-state index >= 15 is 0 Å². The van der Waals surface area contributed by atoms with E-state index in [4.69, 9.17) is 10.7 Å². The van der Waals surface area contributed by atoms with Crippen LogP contribution in [0.4, 0.5) is 5.69 Å². The van der Waals surface area contributed by atoms with Crippen LogP contribution < -0.4 is 5.73 Å². The molecule has 3 heteroatoms. The Balaban J connectivity index is 1.99. The summed E-state index contributed by atoms with van der Waals surface area (Å²) in [6.45, 7) is 2.21. The lowest BCUT2D eigenvalue weighted by Crippen LogP contribution is -2.02. The first kappa shape index (κ1) is 15.6. The third-order valence-electron chi connectivity index (χ3n) is 5.04. The first-order valence-corrected chi connectivity index (χ1v) is 9.89. The summed E-state index contributed by atoms with van der Waals surface area (Å²) in [6, 6.07) is 10.5. The van der Waals surface area contributed by atoms with Gasteiger partial charge in [0.2, 0.25) is 0 Å². The monoisotopic (exact) mass is 336 g/mol. The maximum Gasteiger partial charge on any atom is 0.126 e. The first-order valence-electron chi connectivity index (χ1n) is 9.07. The molecule has 2 nitrogen and oxygen atoms in total. The van der Waals surface area contributed by atoms with E-state index in [0.29, 0.717) is 0 Å². The molecule has 0 bridgehead atoms. The van der Waals surface area contributed by atoms with Gasteiger partial charge >= 0.3 is 0 Å². The molecule has 0 radical (unpaired) electrons. The number of rotatable bonds is 3. The van der Waals surface area contributed by atoms with E-state index in [-0.39, 0.29) is 0 Å². The van der Waals surface area contributed by atoms with Gasteiger partial charge in [-0.3, -0.25) is 0 Å². The second-order valence-electron chi connectivity index (χ2n) is 6.71. The fourth-order valence-corrected chi connectivity index (χ4v) is 5.15. The minimum Gasteiger partial charge on any atom is -0.398 e. The number of nitrogen functional groups attached to an aromatic ring is 1. The number of fused-ring (bicyclic) bond motifs is 3. The highest BCUT2D eigenvalue weighted by Gasteiger charge is 2.21. The molecular formula is C21H24N2S. The van der Waals surface area contributed by atoms with Crippen LogP contribution in [0.1, 0.15) is 48.6 Å². The van der Waals surface area contributed by atoms with E-state index in [2.05, 4.69) is 37.3 Å². The average molecular weight is 337 g/mol. The van der Waals surface area contributed by atoms with Gasteiger partial charge < -0.3 is 5.73 Å². The number of thiophene rings is 1. The lowest BCUT2D eigenvalue weighted by Gasteiger charge is -2.13. The third-order valence-corrected chi connectivity index (χ3v) is 6.23. The van der Waals surface area contributed by atoms with Crippen molar-refractivity contribution in [3.63, 3.8) is 0 Å². The Morgan fingerprint density at radius 2 is 1.88 bits per heavy atom. The maximum absolute atomic E-state index is 6.73. The predicted molar refractivity (Wildman–Crippen MR) is 105 cm³/mol. The van der Waals surface area contributed by atoms with E-state index in [1.807, 2.05) is 11.3 Å². The third kappa shape index (κ3) is 2.61. The fourth-order valence-electron chi connectivity index (χ4n) is 3.87. The molecule has 124 valence electrons. The van der Waals surface area contributed by atoms with Gasteiger partial charge in [0.05, 0.1) is 5.69 Å². The number of benzene rings is 1. The van der Waals surface area contributed by atoms with Crippen molar-refractivity contribution >= 4 is 27.2 Å². The second kappa shape index (κ2) is 6.56. The fraction of sp³-hybridized carbons (Fsp3) is 0.381. The van der Waals surface area contributed by atoms with Crippen molar-refractivity contribution < 1.29 is 0 Å². The van der Waals surface area contributed by atoms with Gasteiger partial charge in [-0.05, 0) is 37.7 Å². The quantitative estimate of drug-likeness (QED) is 0.617. The average Bonchev–Trinajstić information content (AvgIpc) is 2.80. The van der Waals surface area contributed by atoms with Crippen LogP contribution in [-0.2, 0) is 19.3 Å². The number of hydrogen-bond donors (Lipinski definition) is 1. The Kier molecular flexibility index (Phi) is 4.28. The molecule has 2 heterocycles. The Hall–Kier alpha value is -1.87. The molecule has 1 aliphatic carbocycles. The number of hydrogen-bond acceptors (Lipinski definition) is 3. The largest absolute Gasteiger partial charge is 0.398 e. The molecule has 0 spiro atoms. The topological polar surface area (TPSA) is 38.9 Å². The van der Waals surface area contributed by atoms with Gasteiger partial charge in [-0.25, -0.2) is 4.98 Å². The normalized spacial score (nSPS) is 14.5. The molecule has 0 atom stereocenters. The van der Waals surface area contributed by atoms with E-state index < -0.39 is 0 Å². The molecular weight excluding hydrogens is 312 g/mol. The van der Waals surface area contributed by atoms with Crippen LogP contribution in [0.5, 0.6) is 0 Å². The Labute approximate surface area is 147 Å². The molecule has 24 heavy (non-hydrogen) atoms. The maximum atomic E-state index is 6.73. The van der Waals surface area contributed by atoms with Gasteiger partial charge in [0.1, 0.15) is 4.83 Å². The first-order chi connectivity index (χ1) is 11.8. The van der Waals surface area contributed by atoms with Gasteiger partial charge in [-0.2, -0.15) is 0 Å². The van der Waals surface area contributed by atoms with Crippen LogP contribution in [-0.4, -0.2) is 4.98 Å². The Bertz CT molecular complexity index is 865. The molecule has 3 aromatic rings. The van der Waals surface area contributed by atoms with Crippen LogP contribution in [0, 0.1) is 0 Å². The number of pyridine rings is 1. The molecule has 1 aromatic carbocycles.